The van der Waals surface area contributed by atoms with E-state index in [1.165, 1.54) is 12.1 Å². The molecule has 0 spiro atoms. The molecule has 9 nitrogen and oxygen atoms in total. The van der Waals surface area contributed by atoms with Crippen molar-refractivity contribution >= 4 is 34.2 Å². The van der Waals surface area contributed by atoms with Crippen LogP contribution in [0.3, 0.4) is 0 Å². The number of esters is 2. The number of carbonyl (C=O) groups is 3. The van der Waals surface area contributed by atoms with Crippen LogP contribution in [0.5, 0.6) is 17.2 Å². The third-order valence-electron chi connectivity index (χ3n) is 4.12. The van der Waals surface area contributed by atoms with Crippen LogP contribution in [0.1, 0.15) is 53.3 Å². The highest BCUT2D eigenvalue weighted by Gasteiger charge is 2.20. The molecule has 1 heterocycles. The predicted octanol–water partition coefficient (Wildman–Crippen LogP) is 4.22. The molecule has 180 valence electrons. The number of amides is 1. The first-order chi connectivity index (χ1) is 15.8. The van der Waals surface area contributed by atoms with Gasteiger partial charge in [0.1, 0.15) is 4.88 Å². The second-order valence-electron chi connectivity index (χ2n) is 6.57. The lowest BCUT2D eigenvalue weighted by Crippen LogP contribution is -2.20. The van der Waals surface area contributed by atoms with Gasteiger partial charge in [0, 0.05) is 0 Å². The maximum absolute atomic E-state index is 12.6. The molecule has 0 aliphatic rings. The number of hydrogen-bond acceptors (Lipinski definition) is 9. The number of anilines is 1. The van der Waals surface area contributed by atoms with E-state index in [1.807, 2.05) is 20.8 Å². The Morgan fingerprint density at radius 3 is 1.97 bits per heavy atom. The zero-order valence-corrected chi connectivity index (χ0v) is 20.3. The van der Waals surface area contributed by atoms with Crippen LogP contribution >= 0.6 is 11.3 Å². The van der Waals surface area contributed by atoms with E-state index in [4.69, 9.17) is 23.7 Å². The highest BCUT2D eigenvalue weighted by Crippen LogP contribution is 2.39. The van der Waals surface area contributed by atoms with Gasteiger partial charge in [0.15, 0.2) is 18.1 Å². The minimum atomic E-state index is -0.718. The number of hydrogen-bond donors (Lipinski definition) is 1. The first-order valence-electron chi connectivity index (χ1n) is 10.6. The predicted molar refractivity (Wildman–Crippen MR) is 124 cm³/mol. The Balaban J connectivity index is 2.08. The van der Waals surface area contributed by atoms with Crippen LogP contribution < -0.4 is 19.5 Å². The van der Waals surface area contributed by atoms with Gasteiger partial charge in [0.25, 0.3) is 5.91 Å². The molecule has 0 saturated heterocycles. The molecule has 1 aromatic heterocycles. The second kappa shape index (κ2) is 12.7. The van der Waals surface area contributed by atoms with E-state index in [1.54, 1.807) is 19.9 Å². The van der Waals surface area contributed by atoms with Gasteiger partial charge in [0.2, 0.25) is 5.75 Å². The molecule has 0 aliphatic heterocycles. The molecule has 0 aliphatic carbocycles. The topological polar surface area (TPSA) is 109 Å². The molecule has 0 bridgehead atoms. The maximum Gasteiger partial charge on any atom is 0.348 e. The van der Waals surface area contributed by atoms with Crippen molar-refractivity contribution < 1.29 is 38.1 Å². The number of thiophene rings is 1. The lowest BCUT2D eigenvalue weighted by Gasteiger charge is -2.16. The van der Waals surface area contributed by atoms with Crippen LogP contribution in [0.25, 0.3) is 0 Å². The quantitative estimate of drug-likeness (QED) is 0.451. The first-order valence-corrected chi connectivity index (χ1v) is 11.5. The average molecular weight is 480 g/mol. The summed E-state index contributed by atoms with van der Waals surface area (Å²) in [5.41, 5.74) is 0.849. The van der Waals surface area contributed by atoms with Gasteiger partial charge in [-0.3, -0.25) is 4.79 Å². The molecule has 0 unspecified atom stereocenters. The van der Waals surface area contributed by atoms with E-state index < -0.39 is 24.5 Å². The van der Waals surface area contributed by atoms with E-state index in [-0.39, 0.29) is 12.2 Å². The van der Waals surface area contributed by atoms with Crippen LogP contribution in [0.2, 0.25) is 0 Å². The summed E-state index contributed by atoms with van der Waals surface area (Å²) in [5, 5.41) is 3.08. The third-order valence-corrected chi connectivity index (χ3v) is 5.25. The average Bonchev–Trinajstić information content (AvgIpc) is 3.14. The van der Waals surface area contributed by atoms with E-state index in [9.17, 15) is 14.4 Å². The lowest BCUT2D eigenvalue weighted by molar-refractivity contribution is -0.119. The number of nitrogens with one attached hydrogen (secondary N) is 1. The van der Waals surface area contributed by atoms with E-state index in [2.05, 4.69) is 5.32 Å². The number of rotatable bonds is 12. The van der Waals surface area contributed by atoms with Gasteiger partial charge in [0.05, 0.1) is 37.0 Å². The fourth-order valence-electron chi connectivity index (χ4n) is 2.84. The fraction of sp³-hybridized carbons (Fsp3) is 0.435. The molecule has 1 amide bonds. The Morgan fingerprint density at radius 2 is 1.42 bits per heavy atom. The van der Waals surface area contributed by atoms with Crippen molar-refractivity contribution in [1.29, 1.82) is 0 Å². The van der Waals surface area contributed by atoms with Crippen molar-refractivity contribution in [3.8, 4) is 17.2 Å². The number of benzene rings is 1. The first kappa shape index (κ1) is 26.0. The van der Waals surface area contributed by atoms with Gasteiger partial charge in [-0.25, -0.2) is 9.59 Å². The molecule has 10 heteroatoms. The van der Waals surface area contributed by atoms with Gasteiger partial charge < -0.3 is 29.0 Å². The van der Waals surface area contributed by atoms with E-state index in [0.717, 1.165) is 11.3 Å². The minimum Gasteiger partial charge on any atom is -0.490 e. The Morgan fingerprint density at radius 1 is 0.818 bits per heavy atom. The summed E-state index contributed by atoms with van der Waals surface area (Å²) in [7, 11) is 0. The van der Waals surface area contributed by atoms with Crippen LogP contribution in [-0.2, 0) is 14.3 Å². The van der Waals surface area contributed by atoms with Crippen LogP contribution in [0.15, 0.2) is 18.2 Å². The molecule has 1 N–H and O–H groups in total. The highest BCUT2D eigenvalue weighted by molar-refractivity contribution is 7.18. The summed E-state index contributed by atoms with van der Waals surface area (Å²) in [4.78, 5) is 37.2. The van der Waals surface area contributed by atoms with Crippen molar-refractivity contribution in [3.05, 3.63) is 34.2 Å². The largest absolute Gasteiger partial charge is 0.490 e. The lowest BCUT2D eigenvalue weighted by atomic mass is 10.2. The molecule has 2 rings (SSSR count). The smallest absolute Gasteiger partial charge is 0.348 e. The van der Waals surface area contributed by atoms with Crippen molar-refractivity contribution in [2.45, 2.75) is 34.6 Å². The Labute approximate surface area is 196 Å². The van der Waals surface area contributed by atoms with Crippen molar-refractivity contribution in [2.75, 3.05) is 38.4 Å². The Kier molecular flexibility index (Phi) is 9.99. The molecule has 0 fully saturated rings. The molecular formula is C23H29NO8S. The second-order valence-corrected chi connectivity index (χ2v) is 7.62. The van der Waals surface area contributed by atoms with Crippen LogP contribution in [0.4, 0.5) is 5.00 Å². The maximum atomic E-state index is 12.6. The summed E-state index contributed by atoms with van der Waals surface area (Å²) >= 11 is 1.09. The summed E-state index contributed by atoms with van der Waals surface area (Å²) in [6, 6.07) is 4.64. The van der Waals surface area contributed by atoms with Gasteiger partial charge in [-0.05, 0) is 58.4 Å². The number of aryl methyl sites for hydroxylation is 1. The minimum absolute atomic E-state index is 0.162. The van der Waals surface area contributed by atoms with Crippen molar-refractivity contribution in [1.82, 2.24) is 0 Å². The van der Waals surface area contributed by atoms with Gasteiger partial charge in [-0.2, -0.15) is 0 Å². The molecule has 0 radical (unpaired) electrons. The molecule has 2 aromatic rings. The van der Waals surface area contributed by atoms with Gasteiger partial charge in [-0.15, -0.1) is 11.3 Å². The highest BCUT2D eigenvalue weighted by atomic mass is 32.1. The molecular weight excluding hydrogens is 450 g/mol. The van der Waals surface area contributed by atoms with Gasteiger partial charge >= 0.3 is 11.9 Å². The van der Waals surface area contributed by atoms with Crippen molar-refractivity contribution in [3.63, 3.8) is 0 Å². The zero-order chi connectivity index (χ0) is 24.4. The van der Waals surface area contributed by atoms with Crippen LogP contribution in [-0.4, -0.2) is 50.9 Å². The number of carbonyl (C=O) groups excluding carboxylic acids is 3. The summed E-state index contributed by atoms with van der Waals surface area (Å²) in [5.74, 6) is -0.603. The normalized spacial score (nSPS) is 10.3. The Bertz CT molecular complexity index is 958. The standard InChI is InChI=1S/C23H29NO8S/c1-6-28-16-11-15(12-17(29-7-2)20(16)30-8-3)22(26)32-13-18(25)24-19-10-14(5)21(33-19)23(27)31-9-4/h10-12H,6-9,13H2,1-5H3,(H,24,25). The zero-order valence-electron chi connectivity index (χ0n) is 19.4. The monoisotopic (exact) mass is 479 g/mol. The molecule has 0 atom stereocenters. The van der Waals surface area contributed by atoms with Gasteiger partial charge in [-0.1, -0.05) is 0 Å². The van der Waals surface area contributed by atoms with Crippen LogP contribution in [0, 0.1) is 6.92 Å². The molecule has 0 saturated carbocycles. The molecule has 1 aromatic carbocycles. The summed E-state index contributed by atoms with van der Waals surface area (Å²) < 4.78 is 27.0. The fourth-order valence-corrected chi connectivity index (χ4v) is 3.82. The van der Waals surface area contributed by atoms with E-state index >= 15 is 0 Å². The third kappa shape index (κ3) is 7.11. The number of ether oxygens (including phenoxy) is 5. The summed E-state index contributed by atoms with van der Waals surface area (Å²) in [6.07, 6.45) is 0. The SMILES string of the molecule is CCOC(=O)c1sc(NC(=O)COC(=O)c2cc(OCC)c(OCC)c(OCC)c2)cc1C. The van der Waals surface area contributed by atoms with E-state index in [0.29, 0.717) is 52.5 Å². The Hall–Kier alpha value is -3.27. The molecule has 33 heavy (non-hydrogen) atoms. The van der Waals surface area contributed by atoms with Crippen molar-refractivity contribution in [2.24, 2.45) is 0 Å². The summed E-state index contributed by atoms with van der Waals surface area (Å²) in [6.45, 7) is 9.78.